The predicted molar refractivity (Wildman–Crippen MR) is 138 cm³/mol. The maximum atomic E-state index is 10.1. The van der Waals surface area contributed by atoms with E-state index in [1.807, 2.05) is 18.2 Å². The molecule has 3 nitrogen and oxygen atoms in total. The summed E-state index contributed by atoms with van der Waals surface area (Å²) in [6.45, 7) is 8.33. The average Bonchev–Trinajstić information content (AvgIpc) is 2.96. The summed E-state index contributed by atoms with van der Waals surface area (Å²) >= 11 is 0. The Bertz CT molecular complexity index is 803. The Morgan fingerprint density at radius 1 is 1.09 bits per heavy atom. The van der Waals surface area contributed by atoms with Crippen LogP contribution in [-0.4, -0.2) is 35.3 Å². The van der Waals surface area contributed by atoms with Crippen LogP contribution in [-0.2, 0) is 0 Å². The van der Waals surface area contributed by atoms with Gasteiger partial charge in [-0.05, 0) is 107 Å². The number of unbranched alkanes of at least 4 members (excludes halogenated alkanes) is 4. The highest BCUT2D eigenvalue weighted by molar-refractivity contribution is 5.70. The third-order valence-corrected chi connectivity index (χ3v) is 6.29. The molecule has 1 aliphatic rings. The van der Waals surface area contributed by atoms with Gasteiger partial charge in [0.05, 0.1) is 0 Å². The summed E-state index contributed by atoms with van der Waals surface area (Å²) in [6, 6.07) is 7.68. The van der Waals surface area contributed by atoms with Gasteiger partial charge >= 0.3 is 0 Å². The molecular weight excluding hydrogens is 394 g/mol. The molecule has 0 heterocycles. The number of aliphatic hydroxyl groups is 1. The van der Waals surface area contributed by atoms with Gasteiger partial charge in [-0.15, -0.1) is 0 Å². The molecule has 2 N–H and O–H groups in total. The van der Waals surface area contributed by atoms with Crippen molar-refractivity contribution in [3.63, 3.8) is 0 Å². The lowest BCUT2D eigenvalue weighted by Crippen LogP contribution is -2.20. The summed E-state index contributed by atoms with van der Waals surface area (Å²) in [7, 11) is 2.23. The minimum absolute atomic E-state index is 0.280. The second kappa shape index (κ2) is 14.7. The summed E-state index contributed by atoms with van der Waals surface area (Å²) < 4.78 is 0. The first-order chi connectivity index (χ1) is 15.5. The molecule has 1 aromatic rings. The molecule has 0 saturated heterocycles. The van der Waals surface area contributed by atoms with Crippen LogP contribution in [0.15, 0.2) is 66.0 Å². The quantitative estimate of drug-likeness (QED) is 0.187. The van der Waals surface area contributed by atoms with Gasteiger partial charge in [0.15, 0.2) is 0 Å². The minimum Gasteiger partial charge on any atom is -0.508 e. The fourth-order valence-corrected chi connectivity index (χ4v) is 4.53. The number of hydrogen-bond donors (Lipinski definition) is 2. The molecule has 0 saturated carbocycles. The van der Waals surface area contributed by atoms with Crippen LogP contribution in [0.4, 0.5) is 0 Å². The van der Waals surface area contributed by atoms with Crippen molar-refractivity contribution >= 4 is 5.57 Å². The Morgan fingerprint density at radius 2 is 1.88 bits per heavy atom. The number of hydrogen-bond acceptors (Lipinski definition) is 3. The van der Waals surface area contributed by atoms with Gasteiger partial charge < -0.3 is 15.1 Å². The third kappa shape index (κ3) is 9.48. The smallest absolute Gasteiger partial charge is 0.116 e. The molecule has 0 atom stereocenters. The molecule has 2 rings (SSSR count). The molecule has 0 unspecified atom stereocenters. The van der Waals surface area contributed by atoms with E-state index in [-0.39, 0.29) is 5.76 Å². The average molecular weight is 438 g/mol. The molecule has 1 aliphatic carbocycles. The Labute approximate surface area is 195 Å². The topological polar surface area (TPSA) is 43.7 Å². The molecule has 3 heteroatoms. The van der Waals surface area contributed by atoms with E-state index in [1.54, 1.807) is 18.2 Å². The highest BCUT2D eigenvalue weighted by Crippen LogP contribution is 2.37. The Kier molecular flexibility index (Phi) is 12.0. The van der Waals surface area contributed by atoms with Crippen LogP contribution in [0, 0.1) is 0 Å². The molecule has 0 bridgehead atoms. The van der Waals surface area contributed by atoms with Gasteiger partial charge in [0, 0.05) is 0 Å². The molecule has 0 spiro atoms. The SMILES string of the molecule is C=C/C=C(O)\C=C1\CCCC(c2cccc(O)c2)=C(CCCCCCN(C)CCCC)C1. The van der Waals surface area contributed by atoms with Crippen LogP contribution >= 0.6 is 0 Å². The molecule has 0 aromatic heterocycles. The van der Waals surface area contributed by atoms with Crippen molar-refractivity contribution in [1.82, 2.24) is 4.90 Å². The molecular formula is C29H43NO2. The number of rotatable bonds is 13. The highest BCUT2D eigenvalue weighted by atomic mass is 16.3. The normalized spacial score (nSPS) is 16.6. The highest BCUT2D eigenvalue weighted by Gasteiger charge is 2.16. The molecule has 32 heavy (non-hydrogen) atoms. The molecule has 0 radical (unpaired) electrons. The fraction of sp³-hybridized carbons (Fsp3) is 0.517. The minimum atomic E-state index is 0.280. The number of allylic oxidation sites excluding steroid dienone is 6. The van der Waals surface area contributed by atoms with E-state index in [0.29, 0.717) is 5.75 Å². The number of phenols is 1. The van der Waals surface area contributed by atoms with E-state index in [2.05, 4.69) is 31.5 Å². The van der Waals surface area contributed by atoms with E-state index in [1.165, 1.54) is 68.3 Å². The first-order valence-corrected chi connectivity index (χ1v) is 12.4. The summed E-state index contributed by atoms with van der Waals surface area (Å²) in [6.07, 6.45) is 17.8. The van der Waals surface area contributed by atoms with E-state index in [4.69, 9.17) is 0 Å². The number of aliphatic hydroxyl groups excluding tert-OH is 1. The fourth-order valence-electron chi connectivity index (χ4n) is 4.53. The van der Waals surface area contributed by atoms with Gasteiger partial charge in [0.25, 0.3) is 0 Å². The van der Waals surface area contributed by atoms with Crippen molar-refractivity contribution < 1.29 is 10.2 Å². The number of benzene rings is 1. The lowest BCUT2D eigenvalue weighted by molar-refractivity contribution is 0.318. The maximum absolute atomic E-state index is 10.1. The van der Waals surface area contributed by atoms with Gasteiger partial charge in [0.1, 0.15) is 11.5 Å². The molecule has 176 valence electrons. The van der Waals surface area contributed by atoms with Crippen LogP contribution < -0.4 is 0 Å². The van der Waals surface area contributed by atoms with Crippen molar-refractivity contribution in [3.8, 4) is 5.75 Å². The van der Waals surface area contributed by atoms with Gasteiger partial charge in [0.2, 0.25) is 0 Å². The number of aromatic hydroxyl groups is 1. The summed E-state index contributed by atoms with van der Waals surface area (Å²) in [5.41, 5.74) is 5.27. The summed E-state index contributed by atoms with van der Waals surface area (Å²) in [5.74, 6) is 0.607. The van der Waals surface area contributed by atoms with Crippen molar-refractivity contribution in [3.05, 3.63) is 71.5 Å². The van der Waals surface area contributed by atoms with Crippen LogP contribution in [0.5, 0.6) is 5.75 Å². The molecule has 0 fully saturated rings. The van der Waals surface area contributed by atoms with Crippen molar-refractivity contribution in [2.24, 2.45) is 0 Å². The van der Waals surface area contributed by atoms with Crippen molar-refractivity contribution in [2.45, 2.75) is 77.6 Å². The van der Waals surface area contributed by atoms with Crippen molar-refractivity contribution in [1.29, 1.82) is 0 Å². The molecule has 0 amide bonds. The van der Waals surface area contributed by atoms with Crippen LogP contribution in [0.3, 0.4) is 0 Å². The van der Waals surface area contributed by atoms with E-state index in [0.717, 1.165) is 37.7 Å². The predicted octanol–water partition coefficient (Wildman–Crippen LogP) is 7.96. The van der Waals surface area contributed by atoms with Gasteiger partial charge in [-0.25, -0.2) is 0 Å². The molecule has 0 aliphatic heterocycles. The Hall–Kier alpha value is -2.26. The van der Waals surface area contributed by atoms with Crippen molar-refractivity contribution in [2.75, 3.05) is 20.1 Å². The van der Waals surface area contributed by atoms with Gasteiger partial charge in [-0.1, -0.05) is 62.1 Å². The second-order valence-corrected chi connectivity index (χ2v) is 9.11. The first kappa shape index (κ1) is 26.0. The lowest BCUT2D eigenvalue weighted by Gasteiger charge is -2.16. The summed E-state index contributed by atoms with van der Waals surface area (Å²) in [5, 5.41) is 20.1. The van der Waals surface area contributed by atoms with Gasteiger partial charge in [-0.3, -0.25) is 0 Å². The van der Waals surface area contributed by atoms with Crippen LogP contribution in [0.1, 0.15) is 83.1 Å². The van der Waals surface area contributed by atoms with E-state index in [9.17, 15) is 10.2 Å². The Balaban J connectivity index is 2.04. The van der Waals surface area contributed by atoms with E-state index < -0.39 is 0 Å². The van der Waals surface area contributed by atoms with Gasteiger partial charge in [-0.2, -0.15) is 0 Å². The standard InChI is InChI=1S/C29H43NO2/c1-4-6-19-30(3)20-10-8-7-9-15-25-21-24(22-27(31)13-5-2)14-11-18-29(25)26-16-12-17-28(32)23-26/h5,12-13,16-17,22-23,31-32H,2,4,6-11,14-15,18-21H2,1,3H3/b24-22-,27-13+. The zero-order valence-corrected chi connectivity index (χ0v) is 20.3. The zero-order valence-electron chi connectivity index (χ0n) is 20.3. The monoisotopic (exact) mass is 437 g/mol. The summed E-state index contributed by atoms with van der Waals surface area (Å²) in [4.78, 5) is 2.46. The first-order valence-electron chi connectivity index (χ1n) is 12.4. The largest absolute Gasteiger partial charge is 0.508 e. The Morgan fingerprint density at radius 3 is 2.62 bits per heavy atom. The van der Waals surface area contributed by atoms with Crippen LogP contribution in [0.25, 0.3) is 5.57 Å². The second-order valence-electron chi connectivity index (χ2n) is 9.11. The number of nitrogens with zero attached hydrogens (tertiary/aromatic N) is 1. The van der Waals surface area contributed by atoms with Crippen LogP contribution in [0.2, 0.25) is 0 Å². The maximum Gasteiger partial charge on any atom is 0.116 e. The van der Waals surface area contributed by atoms with E-state index >= 15 is 0 Å². The zero-order chi connectivity index (χ0) is 23.2. The lowest BCUT2D eigenvalue weighted by atomic mass is 9.91. The third-order valence-electron chi connectivity index (χ3n) is 6.29. The number of phenolic OH excluding ortho intramolecular Hbond substituents is 1. The molecule has 1 aromatic carbocycles.